The molecular formula is C11H10F3NO4. The van der Waals surface area contributed by atoms with Gasteiger partial charge in [0.25, 0.3) is 0 Å². The summed E-state index contributed by atoms with van der Waals surface area (Å²) in [4.78, 5) is 21.3. The van der Waals surface area contributed by atoms with E-state index in [1.807, 2.05) is 0 Å². The Balaban J connectivity index is 3.03. The Kier molecular flexibility index (Phi) is 4.36. The van der Waals surface area contributed by atoms with Crippen LogP contribution in [0.15, 0.2) is 24.3 Å². The van der Waals surface area contributed by atoms with Crippen LogP contribution in [0.3, 0.4) is 0 Å². The number of hydrogen-bond acceptors (Lipinski definition) is 3. The predicted molar refractivity (Wildman–Crippen MR) is 58.7 cm³/mol. The molecule has 0 spiro atoms. The maximum absolute atomic E-state index is 12.7. The van der Waals surface area contributed by atoms with Crippen LogP contribution in [0.1, 0.15) is 12.0 Å². The summed E-state index contributed by atoms with van der Waals surface area (Å²) in [5.41, 5.74) is -1.52. The van der Waals surface area contributed by atoms with Crippen molar-refractivity contribution in [1.82, 2.24) is 0 Å². The molecule has 8 heteroatoms. The van der Waals surface area contributed by atoms with Gasteiger partial charge in [-0.05, 0) is 12.1 Å². The predicted octanol–water partition coefficient (Wildman–Crippen LogP) is 2.05. The van der Waals surface area contributed by atoms with Crippen molar-refractivity contribution in [1.29, 1.82) is 0 Å². The first-order valence-corrected chi connectivity index (χ1v) is 5.09. The summed E-state index contributed by atoms with van der Waals surface area (Å²) >= 11 is 0. The standard InChI is InChI=1S/C11H10F3NO4/c12-11(13,14)6-3-1-2-4-7(6)15-8(10(18)19)5-9(16)17/h1-4,8,15H,5H2,(H,16,17)(H,18,19). The minimum Gasteiger partial charge on any atom is -0.481 e. The summed E-state index contributed by atoms with van der Waals surface area (Å²) in [6.07, 6.45) is -5.49. The smallest absolute Gasteiger partial charge is 0.418 e. The van der Waals surface area contributed by atoms with Crippen LogP contribution in [0.25, 0.3) is 0 Å². The maximum atomic E-state index is 12.7. The first kappa shape index (κ1) is 14.8. The van der Waals surface area contributed by atoms with Crippen LogP contribution < -0.4 is 5.32 Å². The Morgan fingerprint density at radius 1 is 1.21 bits per heavy atom. The lowest BCUT2D eigenvalue weighted by atomic mass is 10.1. The van der Waals surface area contributed by atoms with E-state index >= 15 is 0 Å². The van der Waals surface area contributed by atoms with Crippen molar-refractivity contribution in [3.63, 3.8) is 0 Å². The molecule has 1 atom stereocenters. The molecule has 0 saturated heterocycles. The number of benzene rings is 1. The molecule has 0 saturated carbocycles. The first-order valence-electron chi connectivity index (χ1n) is 5.09. The fourth-order valence-corrected chi connectivity index (χ4v) is 1.42. The third-order valence-corrected chi connectivity index (χ3v) is 2.24. The fourth-order valence-electron chi connectivity index (χ4n) is 1.42. The Morgan fingerprint density at radius 2 is 1.79 bits per heavy atom. The van der Waals surface area contributed by atoms with Gasteiger partial charge in [0.05, 0.1) is 12.0 Å². The topological polar surface area (TPSA) is 86.6 Å². The maximum Gasteiger partial charge on any atom is 0.418 e. The van der Waals surface area contributed by atoms with E-state index in [9.17, 15) is 22.8 Å². The second-order valence-electron chi connectivity index (χ2n) is 3.68. The van der Waals surface area contributed by atoms with Gasteiger partial charge in [0, 0.05) is 5.69 Å². The van der Waals surface area contributed by atoms with E-state index in [4.69, 9.17) is 10.2 Å². The number of aliphatic carboxylic acids is 2. The molecule has 0 aliphatic carbocycles. The minimum atomic E-state index is -4.66. The number of alkyl halides is 3. The van der Waals surface area contributed by atoms with Crippen molar-refractivity contribution in [2.24, 2.45) is 0 Å². The summed E-state index contributed by atoms with van der Waals surface area (Å²) in [7, 11) is 0. The van der Waals surface area contributed by atoms with Crippen molar-refractivity contribution in [3.8, 4) is 0 Å². The zero-order chi connectivity index (χ0) is 14.6. The number of halogens is 3. The van der Waals surface area contributed by atoms with Gasteiger partial charge in [0.15, 0.2) is 0 Å². The quantitative estimate of drug-likeness (QED) is 0.766. The van der Waals surface area contributed by atoms with Gasteiger partial charge in [-0.15, -0.1) is 0 Å². The van der Waals surface area contributed by atoms with Crippen molar-refractivity contribution < 1.29 is 33.0 Å². The number of para-hydroxylation sites is 1. The largest absolute Gasteiger partial charge is 0.481 e. The highest BCUT2D eigenvalue weighted by Gasteiger charge is 2.34. The zero-order valence-corrected chi connectivity index (χ0v) is 9.44. The number of anilines is 1. The Hall–Kier alpha value is -2.25. The van der Waals surface area contributed by atoms with Gasteiger partial charge < -0.3 is 15.5 Å². The van der Waals surface area contributed by atoms with Crippen LogP contribution in [0, 0.1) is 0 Å². The van der Waals surface area contributed by atoms with Crippen molar-refractivity contribution in [2.75, 3.05) is 5.32 Å². The van der Waals surface area contributed by atoms with Crippen LogP contribution in [0.4, 0.5) is 18.9 Å². The normalized spacial score (nSPS) is 12.8. The number of hydrogen-bond donors (Lipinski definition) is 3. The molecule has 0 heterocycles. The molecule has 0 bridgehead atoms. The van der Waals surface area contributed by atoms with Crippen LogP contribution in [-0.2, 0) is 15.8 Å². The molecule has 3 N–H and O–H groups in total. The Bertz CT molecular complexity index is 487. The molecule has 1 aromatic rings. The third-order valence-electron chi connectivity index (χ3n) is 2.24. The van der Waals surface area contributed by atoms with E-state index in [0.717, 1.165) is 18.2 Å². The van der Waals surface area contributed by atoms with E-state index in [1.54, 1.807) is 0 Å². The van der Waals surface area contributed by atoms with Crippen molar-refractivity contribution in [2.45, 2.75) is 18.6 Å². The van der Waals surface area contributed by atoms with Gasteiger partial charge in [-0.25, -0.2) is 4.79 Å². The molecule has 5 nitrogen and oxygen atoms in total. The number of rotatable bonds is 5. The lowest BCUT2D eigenvalue weighted by Crippen LogP contribution is -2.32. The van der Waals surface area contributed by atoms with Crippen molar-refractivity contribution >= 4 is 17.6 Å². The van der Waals surface area contributed by atoms with Crippen LogP contribution in [0.2, 0.25) is 0 Å². The molecule has 19 heavy (non-hydrogen) atoms. The average molecular weight is 277 g/mol. The summed E-state index contributed by atoms with van der Waals surface area (Å²) in [6.45, 7) is 0. The van der Waals surface area contributed by atoms with Gasteiger partial charge in [-0.1, -0.05) is 12.1 Å². The van der Waals surface area contributed by atoms with E-state index in [-0.39, 0.29) is 0 Å². The summed E-state index contributed by atoms with van der Waals surface area (Å²) in [5.74, 6) is -2.97. The second-order valence-corrected chi connectivity index (χ2v) is 3.68. The van der Waals surface area contributed by atoms with Crippen LogP contribution in [-0.4, -0.2) is 28.2 Å². The van der Waals surface area contributed by atoms with Crippen LogP contribution >= 0.6 is 0 Å². The second kappa shape index (κ2) is 5.59. The highest BCUT2D eigenvalue weighted by molar-refractivity contribution is 5.83. The molecule has 1 aromatic carbocycles. The highest BCUT2D eigenvalue weighted by Crippen LogP contribution is 2.34. The number of carboxylic acids is 2. The van der Waals surface area contributed by atoms with Gasteiger partial charge in [-0.3, -0.25) is 4.79 Å². The van der Waals surface area contributed by atoms with Gasteiger partial charge in [-0.2, -0.15) is 13.2 Å². The third kappa shape index (κ3) is 4.16. The fraction of sp³-hybridized carbons (Fsp3) is 0.273. The molecule has 0 aliphatic rings. The lowest BCUT2D eigenvalue weighted by Gasteiger charge is -2.18. The lowest BCUT2D eigenvalue weighted by molar-refractivity contribution is -0.144. The summed E-state index contributed by atoms with van der Waals surface area (Å²) in [5, 5.41) is 19.4. The number of carbonyl (C=O) groups is 2. The number of carboxylic acid groups (broad SMARTS) is 2. The SMILES string of the molecule is O=C(O)CC(Nc1ccccc1C(F)(F)F)C(=O)O. The number of nitrogens with one attached hydrogen (secondary N) is 1. The Labute approximate surface area is 105 Å². The highest BCUT2D eigenvalue weighted by atomic mass is 19.4. The zero-order valence-electron chi connectivity index (χ0n) is 9.44. The molecular weight excluding hydrogens is 267 g/mol. The van der Waals surface area contributed by atoms with Gasteiger partial charge >= 0.3 is 18.1 Å². The molecule has 0 amide bonds. The molecule has 0 aliphatic heterocycles. The summed E-state index contributed by atoms with van der Waals surface area (Å²) in [6, 6.07) is 2.63. The van der Waals surface area contributed by atoms with Gasteiger partial charge in [0.2, 0.25) is 0 Å². The average Bonchev–Trinajstić information content (AvgIpc) is 2.26. The van der Waals surface area contributed by atoms with Crippen molar-refractivity contribution in [3.05, 3.63) is 29.8 Å². The first-order chi connectivity index (χ1) is 8.71. The molecule has 0 radical (unpaired) electrons. The summed E-state index contributed by atoms with van der Waals surface area (Å²) < 4.78 is 38.0. The Morgan fingerprint density at radius 3 is 2.26 bits per heavy atom. The molecule has 104 valence electrons. The van der Waals surface area contributed by atoms with Crippen LogP contribution in [0.5, 0.6) is 0 Å². The van der Waals surface area contributed by atoms with E-state index in [1.165, 1.54) is 6.07 Å². The van der Waals surface area contributed by atoms with E-state index in [2.05, 4.69) is 5.32 Å². The minimum absolute atomic E-state index is 0.469. The molecule has 0 aromatic heterocycles. The molecule has 1 rings (SSSR count). The molecule has 1 unspecified atom stereocenters. The van der Waals surface area contributed by atoms with E-state index in [0.29, 0.717) is 0 Å². The monoisotopic (exact) mass is 277 g/mol. The molecule has 0 fully saturated rings. The van der Waals surface area contributed by atoms with Gasteiger partial charge in [0.1, 0.15) is 6.04 Å². The van der Waals surface area contributed by atoms with E-state index < -0.39 is 41.8 Å².